The van der Waals surface area contributed by atoms with Crippen molar-refractivity contribution in [3.05, 3.63) is 29.0 Å². The Labute approximate surface area is 158 Å². The number of nitrogens with one attached hydrogen (secondary N) is 1. The zero-order valence-corrected chi connectivity index (χ0v) is 16.0. The van der Waals surface area contributed by atoms with Crippen molar-refractivity contribution < 1.29 is 17.6 Å². The van der Waals surface area contributed by atoms with Gasteiger partial charge in [0, 0.05) is 32.1 Å². The molecule has 0 spiro atoms. The summed E-state index contributed by atoms with van der Waals surface area (Å²) in [7, 11) is -4.08. The molecule has 1 unspecified atom stereocenters. The number of carbonyl (C=O) groups is 1. The van der Waals surface area contributed by atoms with Gasteiger partial charge in [-0.25, -0.2) is 12.8 Å². The zero-order chi connectivity index (χ0) is 17.7. The molecule has 6 nitrogen and oxygen atoms in total. The molecule has 1 aliphatic rings. The second kappa shape index (κ2) is 9.68. The van der Waals surface area contributed by atoms with Gasteiger partial charge in [-0.2, -0.15) is 4.31 Å². The van der Waals surface area contributed by atoms with E-state index in [1.807, 2.05) is 0 Å². The van der Waals surface area contributed by atoms with Crippen LogP contribution in [-0.4, -0.2) is 44.3 Å². The van der Waals surface area contributed by atoms with Crippen molar-refractivity contribution in [1.29, 1.82) is 0 Å². The number of hydrogen-bond donors (Lipinski definition) is 2. The molecule has 10 heteroatoms. The minimum absolute atomic E-state index is 0. The van der Waals surface area contributed by atoms with Crippen molar-refractivity contribution in [2.75, 3.05) is 19.6 Å². The molecule has 0 saturated carbocycles. The highest BCUT2D eigenvalue weighted by Crippen LogP contribution is 2.31. The molecule has 3 N–H and O–H groups in total. The van der Waals surface area contributed by atoms with Gasteiger partial charge in [0.1, 0.15) is 10.7 Å². The first-order chi connectivity index (χ1) is 11.4. The number of hydrogen-bond acceptors (Lipinski definition) is 4. The molecule has 1 saturated heterocycles. The van der Waals surface area contributed by atoms with Crippen LogP contribution in [0.4, 0.5) is 4.39 Å². The van der Waals surface area contributed by atoms with Gasteiger partial charge >= 0.3 is 0 Å². The van der Waals surface area contributed by atoms with Gasteiger partial charge in [-0.1, -0.05) is 24.1 Å². The average Bonchev–Trinajstić information content (AvgIpc) is 2.53. The molecule has 1 aromatic rings. The number of piperidine rings is 1. The molecule has 0 radical (unpaired) electrons. The molecular formula is C15H22Cl2FN3O3S. The highest BCUT2D eigenvalue weighted by atomic mass is 35.5. The lowest BCUT2D eigenvalue weighted by atomic mass is 10.1. The fraction of sp³-hybridized carbons (Fsp3) is 0.533. The summed E-state index contributed by atoms with van der Waals surface area (Å²) in [6, 6.07) is 3.35. The summed E-state index contributed by atoms with van der Waals surface area (Å²) in [5, 5.41) is 2.54. The van der Waals surface area contributed by atoms with Crippen LogP contribution in [-0.2, 0) is 14.8 Å². The normalized spacial score (nSPS) is 18.4. The molecule has 0 aliphatic carbocycles. The van der Waals surface area contributed by atoms with Gasteiger partial charge in [0.05, 0.1) is 5.02 Å². The van der Waals surface area contributed by atoms with Crippen LogP contribution >= 0.6 is 24.0 Å². The smallest absolute Gasteiger partial charge is 0.247 e. The summed E-state index contributed by atoms with van der Waals surface area (Å²) in [4.78, 5) is 11.1. The van der Waals surface area contributed by atoms with Gasteiger partial charge < -0.3 is 11.1 Å². The Morgan fingerprint density at radius 1 is 1.40 bits per heavy atom. The number of amides is 1. The van der Waals surface area contributed by atoms with Gasteiger partial charge in [-0.15, -0.1) is 12.4 Å². The van der Waals surface area contributed by atoms with Gasteiger partial charge in [0.25, 0.3) is 0 Å². The SMILES string of the molecule is Cl.NCCC(=O)NCC1CCCCN1S(=O)(=O)c1c(F)cccc1Cl. The number of rotatable bonds is 6. The van der Waals surface area contributed by atoms with Crippen molar-refractivity contribution >= 4 is 39.9 Å². The van der Waals surface area contributed by atoms with Crippen LogP contribution in [0.3, 0.4) is 0 Å². The van der Waals surface area contributed by atoms with Crippen molar-refractivity contribution in [2.24, 2.45) is 5.73 Å². The molecular weight excluding hydrogens is 392 g/mol. The topological polar surface area (TPSA) is 92.5 Å². The lowest BCUT2D eigenvalue weighted by Crippen LogP contribution is -2.49. The van der Waals surface area contributed by atoms with Crippen LogP contribution in [0.15, 0.2) is 23.1 Å². The fourth-order valence-electron chi connectivity index (χ4n) is 2.79. The number of carbonyl (C=O) groups excluding carboxylic acids is 1. The molecule has 142 valence electrons. The van der Waals surface area contributed by atoms with E-state index in [1.165, 1.54) is 16.4 Å². The summed E-state index contributed by atoms with van der Waals surface area (Å²) in [6.07, 6.45) is 2.29. The van der Waals surface area contributed by atoms with E-state index in [4.69, 9.17) is 17.3 Å². The molecule has 1 fully saturated rings. The van der Waals surface area contributed by atoms with Crippen LogP contribution in [0.2, 0.25) is 5.02 Å². The van der Waals surface area contributed by atoms with Gasteiger partial charge in [-0.3, -0.25) is 4.79 Å². The molecule has 0 bridgehead atoms. The van der Waals surface area contributed by atoms with Crippen molar-refractivity contribution in [3.63, 3.8) is 0 Å². The van der Waals surface area contributed by atoms with E-state index in [9.17, 15) is 17.6 Å². The highest BCUT2D eigenvalue weighted by Gasteiger charge is 2.36. The maximum absolute atomic E-state index is 14.1. The van der Waals surface area contributed by atoms with Crippen LogP contribution in [0.5, 0.6) is 0 Å². The summed E-state index contributed by atoms with van der Waals surface area (Å²) in [5.41, 5.74) is 5.32. The number of nitrogens with zero attached hydrogens (tertiary/aromatic N) is 1. The van der Waals surface area contributed by atoms with Crippen molar-refractivity contribution in [2.45, 2.75) is 36.6 Å². The fourth-order valence-corrected chi connectivity index (χ4v) is 5.05. The summed E-state index contributed by atoms with van der Waals surface area (Å²) < 4.78 is 41.1. The van der Waals surface area contributed by atoms with Crippen LogP contribution in [0, 0.1) is 5.82 Å². The van der Waals surface area contributed by atoms with Crippen LogP contribution in [0.1, 0.15) is 25.7 Å². The predicted molar refractivity (Wildman–Crippen MR) is 96.9 cm³/mol. The lowest BCUT2D eigenvalue weighted by molar-refractivity contribution is -0.121. The Morgan fingerprint density at radius 3 is 2.76 bits per heavy atom. The monoisotopic (exact) mass is 413 g/mol. The first kappa shape index (κ1) is 22.1. The molecule has 1 aliphatic heterocycles. The van der Waals surface area contributed by atoms with Crippen LogP contribution in [0.25, 0.3) is 0 Å². The zero-order valence-electron chi connectivity index (χ0n) is 13.6. The maximum Gasteiger partial charge on any atom is 0.247 e. The molecule has 2 rings (SSSR count). The minimum Gasteiger partial charge on any atom is -0.354 e. The van der Waals surface area contributed by atoms with Gasteiger partial charge in [-0.05, 0) is 25.0 Å². The van der Waals surface area contributed by atoms with Crippen molar-refractivity contribution in [1.82, 2.24) is 9.62 Å². The summed E-state index contributed by atoms with van der Waals surface area (Å²) >= 11 is 5.92. The Bertz CT molecular complexity index is 683. The molecule has 25 heavy (non-hydrogen) atoms. The second-order valence-corrected chi connectivity index (χ2v) is 7.89. The summed E-state index contributed by atoms with van der Waals surface area (Å²) in [6.45, 7) is 0.665. The Morgan fingerprint density at radius 2 is 2.12 bits per heavy atom. The number of benzene rings is 1. The average molecular weight is 414 g/mol. The maximum atomic E-state index is 14.1. The predicted octanol–water partition coefficient (Wildman–Crippen LogP) is 1.91. The van der Waals surface area contributed by atoms with Gasteiger partial charge in [0.2, 0.25) is 15.9 Å². The molecule has 1 aromatic carbocycles. The molecule has 0 aromatic heterocycles. The number of sulfonamides is 1. The van der Waals surface area contributed by atoms with E-state index >= 15 is 0 Å². The lowest BCUT2D eigenvalue weighted by Gasteiger charge is -2.35. The Balaban J connectivity index is 0.00000312. The van der Waals surface area contributed by atoms with Crippen LogP contribution < -0.4 is 11.1 Å². The van der Waals surface area contributed by atoms with E-state index in [1.54, 1.807) is 0 Å². The van der Waals surface area contributed by atoms with E-state index in [0.29, 0.717) is 12.8 Å². The largest absolute Gasteiger partial charge is 0.354 e. The van der Waals surface area contributed by atoms with Crippen molar-refractivity contribution in [3.8, 4) is 0 Å². The van der Waals surface area contributed by atoms with E-state index in [2.05, 4.69) is 5.32 Å². The first-order valence-corrected chi connectivity index (χ1v) is 9.62. The highest BCUT2D eigenvalue weighted by molar-refractivity contribution is 7.89. The quantitative estimate of drug-likeness (QED) is 0.744. The third-order valence-electron chi connectivity index (χ3n) is 3.96. The Hall–Kier alpha value is -0.930. The molecule has 1 heterocycles. The minimum atomic E-state index is -4.08. The number of nitrogens with two attached hydrogens (primary N) is 1. The third kappa shape index (κ3) is 5.27. The standard InChI is InChI=1S/C15H21ClFN3O3S.ClH/c16-12-5-3-6-13(17)15(12)24(22,23)20-9-2-1-4-11(20)10-19-14(21)7-8-18;/h3,5-6,11H,1-2,4,7-10,18H2,(H,19,21);1H. The molecule has 1 amide bonds. The Kier molecular flexibility index (Phi) is 8.56. The first-order valence-electron chi connectivity index (χ1n) is 7.80. The molecule has 1 atom stereocenters. The number of halogens is 3. The van der Waals surface area contributed by atoms with E-state index in [-0.39, 0.29) is 49.4 Å². The van der Waals surface area contributed by atoms with E-state index in [0.717, 1.165) is 12.5 Å². The second-order valence-electron chi connectivity index (χ2n) is 5.66. The summed E-state index contributed by atoms with van der Waals surface area (Å²) in [5.74, 6) is -1.11. The van der Waals surface area contributed by atoms with Gasteiger partial charge in [0.15, 0.2) is 0 Å². The van der Waals surface area contributed by atoms with E-state index < -0.39 is 26.8 Å². The third-order valence-corrected chi connectivity index (χ3v) is 6.42.